The Bertz CT molecular complexity index is 731. The van der Waals surface area contributed by atoms with Crippen LogP contribution >= 0.6 is 0 Å². The molecule has 2 aliphatic heterocycles. The van der Waals surface area contributed by atoms with Gasteiger partial charge in [-0.15, -0.1) is 0 Å². The maximum atomic E-state index is 12.2. The van der Waals surface area contributed by atoms with Gasteiger partial charge in [0.1, 0.15) is 11.9 Å². The number of nitrogens with zero attached hydrogens (tertiary/aromatic N) is 2. The first kappa shape index (κ1) is 24.1. The van der Waals surface area contributed by atoms with Crippen LogP contribution in [0.2, 0.25) is 0 Å². The summed E-state index contributed by atoms with van der Waals surface area (Å²) in [6.07, 6.45) is -3.28. The molecular weight excluding hydrogens is 407 g/mol. The van der Waals surface area contributed by atoms with E-state index in [0.29, 0.717) is 5.92 Å². The predicted molar refractivity (Wildman–Crippen MR) is 99.6 cm³/mol. The van der Waals surface area contributed by atoms with E-state index < -0.39 is 12.1 Å². The van der Waals surface area contributed by atoms with Crippen molar-refractivity contribution < 1.29 is 37.1 Å². The average Bonchev–Trinajstić information content (AvgIpc) is 3.19. The summed E-state index contributed by atoms with van der Waals surface area (Å²) in [6, 6.07) is 0.157. The molecule has 2 saturated heterocycles. The number of rotatable bonds is 4. The highest BCUT2D eigenvalue weighted by Gasteiger charge is 2.42. The zero-order valence-corrected chi connectivity index (χ0v) is 17.5. The largest absolute Gasteiger partial charge is 0.490 e. The summed E-state index contributed by atoms with van der Waals surface area (Å²) in [5.74, 6) is -1.33. The first-order chi connectivity index (χ1) is 13.9. The third-order valence-electron chi connectivity index (χ3n) is 5.16. The fourth-order valence-electron chi connectivity index (χ4n) is 3.64. The van der Waals surface area contributed by atoms with Crippen LogP contribution in [0.15, 0.2) is 4.52 Å². The molecular formula is C19H28F3N3O5. The zero-order chi connectivity index (χ0) is 22.6. The molecule has 2 aliphatic rings. The van der Waals surface area contributed by atoms with Crippen molar-refractivity contribution in [2.45, 2.75) is 71.5 Å². The minimum Gasteiger partial charge on any atom is -0.475 e. The van der Waals surface area contributed by atoms with E-state index >= 15 is 0 Å². The van der Waals surface area contributed by atoms with Crippen LogP contribution in [0.4, 0.5) is 13.2 Å². The van der Waals surface area contributed by atoms with Gasteiger partial charge in [0.05, 0.1) is 11.8 Å². The Morgan fingerprint density at radius 3 is 2.47 bits per heavy atom. The van der Waals surface area contributed by atoms with Crippen LogP contribution in [0.25, 0.3) is 0 Å². The standard InChI is InChI=1S/C17H27N3O3.C2HF3O2/c1-10(2)18-17(21)15-7-13-5-6-20(9-16(13)22-15)8-14-11(3)19-23-12(14)4;3-2(4,5)1(6)7/h10,13,15-16H,5-9H2,1-4H3,(H,18,21);(H,6,7)/t13-,15+,16-;/m0./s1. The van der Waals surface area contributed by atoms with Gasteiger partial charge < -0.3 is 19.7 Å². The van der Waals surface area contributed by atoms with Gasteiger partial charge in [-0.05, 0) is 53.0 Å². The van der Waals surface area contributed by atoms with E-state index in [1.165, 1.54) is 5.56 Å². The normalized spacial score (nSPS) is 24.2. The predicted octanol–water partition coefficient (Wildman–Crippen LogP) is 2.43. The summed E-state index contributed by atoms with van der Waals surface area (Å²) >= 11 is 0. The summed E-state index contributed by atoms with van der Waals surface area (Å²) < 4.78 is 43.0. The molecule has 2 fully saturated rings. The van der Waals surface area contributed by atoms with Crippen molar-refractivity contribution in [3.05, 3.63) is 17.0 Å². The van der Waals surface area contributed by atoms with Gasteiger partial charge in [-0.1, -0.05) is 5.16 Å². The minimum absolute atomic E-state index is 0.0340. The van der Waals surface area contributed by atoms with Crippen molar-refractivity contribution in [2.75, 3.05) is 13.1 Å². The Morgan fingerprint density at radius 1 is 1.33 bits per heavy atom. The van der Waals surface area contributed by atoms with Crippen molar-refractivity contribution >= 4 is 11.9 Å². The molecule has 1 aromatic heterocycles. The maximum Gasteiger partial charge on any atom is 0.490 e. The molecule has 1 amide bonds. The van der Waals surface area contributed by atoms with Crippen LogP contribution in [-0.2, 0) is 20.9 Å². The summed E-state index contributed by atoms with van der Waals surface area (Å²) in [5.41, 5.74) is 2.14. The lowest BCUT2D eigenvalue weighted by atomic mass is 9.91. The van der Waals surface area contributed by atoms with E-state index in [9.17, 15) is 18.0 Å². The van der Waals surface area contributed by atoms with Crippen molar-refractivity contribution in [1.29, 1.82) is 0 Å². The number of carboxylic acids is 1. The molecule has 1 aromatic rings. The van der Waals surface area contributed by atoms with Crippen molar-refractivity contribution in [3.63, 3.8) is 0 Å². The Hall–Kier alpha value is -2.14. The highest BCUT2D eigenvalue weighted by molar-refractivity contribution is 5.81. The molecule has 30 heavy (non-hydrogen) atoms. The number of fused-ring (bicyclic) bond motifs is 1. The Balaban J connectivity index is 0.000000396. The molecule has 11 heteroatoms. The van der Waals surface area contributed by atoms with Crippen LogP contribution in [0.3, 0.4) is 0 Å². The lowest BCUT2D eigenvalue weighted by Gasteiger charge is -2.33. The number of halogens is 3. The van der Waals surface area contributed by atoms with Crippen LogP contribution in [0.1, 0.15) is 43.7 Å². The van der Waals surface area contributed by atoms with E-state index in [4.69, 9.17) is 19.2 Å². The molecule has 0 aromatic carbocycles. The first-order valence-electron chi connectivity index (χ1n) is 9.78. The fraction of sp³-hybridized carbons (Fsp3) is 0.737. The summed E-state index contributed by atoms with van der Waals surface area (Å²) in [6.45, 7) is 10.7. The number of amides is 1. The monoisotopic (exact) mass is 435 g/mol. The summed E-state index contributed by atoms with van der Waals surface area (Å²) in [4.78, 5) is 23.4. The quantitative estimate of drug-likeness (QED) is 0.748. The number of carboxylic acid groups (broad SMARTS) is 1. The molecule has 0 spiro atoms. The topological polar surface area (TPSA) is 105 Å². The lowest BCUT2D eigenvalue weighted by Crippen LogP contribution is -2.42. The SMILES string of the molecule is Cc1noc(C)c1CN1CC[C@H]2C[C@H](C(=O)NC(C)C)O[C@H]2C1.O=C(O)C(F)(F)F. The second kappa shape index (κ2) is 9.78. The van der Waals surface area contributed by atoms with Crippen LogP contribution < -0.4 is 5.32 Å². The number of aryl methyl sites for hydroxylation is 2. The number of nitrogens with one attached hydrogen (secondary N) is 1. The fourth-order valence-corrected chi connectivity index (χ4v) is 3.64. The Morgan fingerprint density at radius 2 is 1.97 bits per heavy atom. The van der Waals surface area contributed by atoms with E-state index in [2.05, 4.69) is 15.4 Å². The maximum absolute atomic E-state index is 12.2. The van der Waals surface area contributed by atoms with Crippen molar-refractivity contribution in [3.8, 4) is 0 Å². The highest BCUT2D eigenvalue weighted by atomic mass is 19.4. The van der Waals surface area contributed by atoms with Gasteiger partial charge in [-0.2, -0.15) is 13.2 Å². The van der Waals surface area contributed by atoms with Gasteiger partial charge in [0, 0.05) is 24.7 Å². The van der Waals surface area contributed by atoms with Gasteiger partial charge in [-0.3, -0.25) is 9.69 Å². The highest BCUT2D eigenvalue weighted by Crippen LogP contribution is 2.34. The van der Waals surface area contributed by atoms with Crippen LogP contribution in [-0.4, -0.2) is 64.6 Å². The molecule has 0 aliphatic carbocycles. The molecule has 3 heterocycles. The number of ether oxygens (including phenoxy) is 1. The van der Waals surface area contributed by atoms with E-state index in [0.717, 1.165) is 43.9 Å². The van der Waals surface area contributed by atoms with Crippen LogP contribution in [0.5, 0.6) is 0 Å². The van der Waals surface area contributed by atoms with Crippen molar-refractivity contribution in [2.24, 2.45) is 5.92 Å². The van der Waals surface area contributed by atoms with Gasteiger partial charge in [-0.25, -0.2) is 4.79 Å². The second-order valence-electron chi connectivity index (χ2n) is 7.95. The molecule has 3 rings (SSSR count). The van der Waals surface area contributed by atoms with E-state index in [1.54, 1.807) is 0 Å². The van der Waals surface area contributed by atoms with Gasteiger partial charge in [0.15, 0.2) is 0 Å². The number of alkyl halides is 3. The number of aliphatic carboxylic acids is 1. The summed E-state index contributed by atoms with van der Waals surface area (Å²) in [5, 5.41) is 14.1. The lowest BCUT2D eigenvalue weighted by molar-refractivity contribution is -0.192. The molecule has 0 radical (unpaired) electrons. The Kier molecular flexibility index (Phi) is 7.87. The molecule has 170 valence electrons. The third kappa shape index (κ3) is 6.43. The molecule has 2 N–H and O–H groups in total. The number of carbonyl (C=O) groups is 2. The number of aromatic nitrogens is 1. The smallest absolute Gasteiger partial charge is 0.475 e. The Labute approximate surface area is 172 Å². The second-order valence-corrected chi connectivity index (χ2v) is 7.95. The van der Waals surface area contributed by atoms with E-state index in [-0.39, 0.29) is 24.2 Å². The average molecular weight is 435 g/mol. The molecule has 0 bridgehead atoms. The zero-order valence-electron chi connectivity index (χ0n) is 17.5. The van der Waals surface area contributed by atoms with Crippen LogP contribution in [0, 0.1) is 19.8 Å². The number of hydrogen-bond donors (Lipinski definition) is 2. The minimum atomic E-state index is -5.08. The van der Waals surface area contributed by atoms with E-state index in [1.807, 2.05) is 27.7 Å². The molecule has 0 saturated carbocycles. The van der Waals surface area contributed by atoms with Gasteiger partial charge in [0.25, 0.3) is 0 Å². The number of piperidine rings is 1. The number of likely N-dealkylation sites (tertiary alicyclic amines) is 1. The number of carbonyl (C=O) groups excluding carboxylic acids is 1. The van der Waals surface area contributed by atoms with Gasteiger partial charge in [0.2, 0.25) is 5.91 Å². The third-order valence-corrected chi connectivity index (χ3v) is 5.16. The van der Waals surface area contributed by atoms with Gasteiger partial charge >= 0.3 is 12.1 Å². The molecule has 8 nitrogen and oxygen atoms in total. The summed E-state index contributed by atoms with van der Waals surface area (Å²) in [7, 11) is 0. The number of hydrogen-bond acceptors (Lipinski definition) is 6. The molecule has 3 atom stereocenters. The molecule has 0 unspecified atom stereocenters. The van der Waals surface area contributed by atoms with Crippen molar-refractivity contribution in [1.82, 2.24) is 15.4 Å². The first-order valence-corrected chi connectivity index (χ1v) is 9.78.